The predicted molar refractivity (Wildman–Crippen MR) is 118 cm³/mol. The molecule has 0 saturated heterocycles. The van der Waals surface area contributed by atoms with E-state index < -0.39 is 0 Å². The molecule has 0 unspecified atom stereocenters. The molecule has 0 aliphatic carbocycles. The smallest absolute Gasteiger partial charge is 0.260 e. The SMILES string of the molecule is CCN(CC)c1ccc(NC(=O)c2c(C)nn(Cc3ccc(C)cc3)c2Cl)cn1. The molecule has 0 spiro atoms. The summed E-state index contributed by atoms with van der Waals surface area (Å²) in [6.45, 7) is 10.3. The quantitative estimate of drug-likeness (QED) is 0.612. The Bertz CT molecular complexity index is 976. The largest absolute Gasteiger partial charge is 0.357 e. The molecule has 1 N–H and O–H groups in total. The van der Waals surface area contributed by atoms with Crippen LogP contribution in [0.4, 0.5) is 11.5 Å². The van der Waals surface area contributed by atoms with Crippen LogP contribution < -0.4 is 10.2 Å². The lowest BCUT2D eigenvalue weighted by atomic mass is 10.1. The number of benzene rings is 1. The molecule has 2 heterocycles. The van der Waals surface area contributed by atoms with Gasteiger partial charge in [-0.1, -0.05) is 41.4 Å². The fourth-order valence-corrected chi connectivity index (χ4v) is 3.49. The van der Waals surface area contributed by atoms with E-state index in [1.807, 2.05) is 43.3 Å². The molecule has 0 aliphatic heterocycles. The molecule has 1 aromatic carbocycles. The van der Waals surface area contributed by atoms with Crippen molar-refractivity contribution in [3.63, 3.8) is 0 Å². The monoisotopic (exact) mass is 411 g/mol. The van der Waals surface area contributed by atoms with Crippen LogP contribution in [0.25, 0.3) is 0 Å². The first-order valence-corrected chi connectivity index (χ1v) is 10.1. The molecular formula is C22H26ClN5O. The van der Waals surface area contributed by atoms with E-state index in [9.17, 15) is 4.79 Å². The number of amides is 1. The molecule has 2 aromatic heterocycles. The van der Waals surface area contributed by atoms with Crippen molar-refractivity contribution in [1.29, 1.82) is 0 Å². The van der Waals surface area contributed by atoms with E-state index >= 15 is 0 Å². The normalized spacial score (nSPS) is 10.8. The van der Waals surface area contributed by atoms with Crippen molar-refractivity contribution in [3.05, 3.63) is 70.1 Å². The number of hydrogen-bond donors (Lipinski definition) is 1. The molecular weight excluding hydrogens is 386 g/mol. The fourth-order valence-electron chi connectivity index (χ4n) is 3.17. The Hall–Kier alpha value is -2.86. The van der Waals surface area contributed by atoms with E-state index in [4.69, 9.17) is 11.6 Å². The van der Waals surface area contributed by atoms with E-state index in [-0.39, 0.29) is 5.91 Å². The summed E-state index contributed by atoms with van der Waals surface area (Å²) in [6, 6.07) is 11.9. The Kier molecular flexibility index (Phi) is 6.54. The second-order valence-electron chi connectivity index (χ2n) is 6.93. The summed E-state index contributed by atoms with van der Waals surface area (Å²) in [5.41, 5.74) is 3.85. The standard InChI is InChI=1S/C22H26ClN5O/c1-5-27(6-2)19-12-11-18(13-24-19)25-22(29)20-16(4)26-28(21(20)23)14-17-9-7-15(3)8-10-17/h7-13H,5-6,14H2,1-4H3,(H,25,29). The Morgan fingerprint density at radius 1 is 1.10 bits per heavy atom. The van der Waals surface area contributed by atoms with Crippen LogP contribution in [-0.4, -0.2) is 33.8 Å². The van der Waals surface area contributed by atoms with Gasteiger partial charge in [0.1, 0.15) is 11.0 Å². The maximum Gasteiger partial charge on any atom is 0.260 e. The van der Waals surface area contributed by atoms with Gasteiger partial charge >= 0.3 is 0 Å². The molecule has 3 aromatic rings. The molecule has 1 amide bonds. The molecule has 29 heavy (non-hydrogen) atoms. The molecule has 0 radical (unpaired) electrons. The van der Waals surface area contributed by atoms with Crippen molar-refractivity contribution < 1.29 is 4.79 Å². The second-order valence-corrected chi connectivity index (χ2v) is 7.28. The molecule has 7 heteroatoms. The third-order valence-electron chi connectivity index (χ3n) is 4.84. The van der Waals surface area contributed by atoms with Gasteiger partial charge in [-0.05, 0) is 45.4 Å². The molecule has 0 atom stereocenters. The summed E-state index contributed by atoms with van der Waals surface area (Å²) < 4.78 is 1.65. The van der Waals surface area contributed by atoms with Crippen molar-refractivity contribution in [2.24, 2.45) is 0 Å². The number of aryl methyl sites for hydroxylation is 2. The van der Waals surface area contributed by atoms with E-state index in [1.54, 1.807) is 17.8 Å². The van der Waals surface area contributed by atoms with Gasteiger partial charge in [-0.25, -0.2) is 9.67 Å². The number of pyridine rings is 1. The fraction of sp³-hybridized carbons (Fsp3) is 0.318. The molecule has 0 bridgehead atoms. The lowest BCUT2D eigenvalue weighted by Crippen LogP contribution is -2.23. The summed E-state index contributed by atoms with van der Waals surface area (Å²) >= 11 is 6.49. The Morgan fingerprint density at radius 3 is 2.38 bits per heavy atom. The molecule has 152 valence electrons. The number of rotatable bonds is 7. The summed E-state index contributed by atoms with van der Waals surface area (Å²) in [6.07, 6.45) is 1.66. The Labute approximate surface area is 176 Å². The van der Waals surface area contributed by atoms with Gasteiger partial charge in [-0.15, -0.1) is 0 Å². The average Bonchev–Trinajstić information content (AvgIpc) is 2.99. The summed E-state index contributed by atoms with van der Waals surface area (Å²) in [7, 11) is 0. The van der Waals surface area contributed by atoms with Gasteiger partial charge < -0.3 is 10.2 Å². The van der Waals surface area contributed by atoms with Crippen LogP contribution in [0.1, 0.15) is 41.0 Å². The van der Waals surface area contributed by atoms with Crippen molar-refractivity contribution in [2.45, 2.75) is 34.2 Å². The number of nitrogens with zero attached hydrogens (tertiary/aromatic N) is 4. The van der Waals surface area contributed by atoms with Gasteiger partial charge in [0.25, 0.3) is 5.91 Å². The third-order valence-corrected chi connectivity index (χ3v) is 5.22. The summed E-state index contributed by atoms with van der Waals surface area (Å²) in [4.78, 5) is 19.4. The zero-order valence-electron chi connectivity index (χ0n) is 17.2. The van der Waals surface area contributed by atoms with Crippen LogP contribution in [0.5, 0.6) is 0 Å². The zero-order valence-corrected chi connectivity index (χ0v) is 18.0. The van der Waals surface area contributed by atoms with Crippen LogP contribution in [-0.2, 0) is 6.54 Å². The van der Waals surface area contributed by atoms with Gasteiger partial charge in [0.05, 0.1) is 29.7 Å². The molecule has 0 saturated carbocycles. The first kappa shape index (κ1) is 20.9. The van der Waals surface area contributed by atoms with Crippen molar-refractivity contribution >= 4 is 29.0 Å². The number of carbonyl (C=O) groups is 1. The predicted octanol–water partition coefficient (Wildman–Crippen LogP) is 4.70. The number of aromatic nitrogens is 3. The number of carbonyl (C=O) groups excluding carboxylic acids is 1. The number of hydrogen-bond acceptors (Lipinski definition) is 4. The van der Waals surface area contributed by atoms with E-state index in [0.717, 1.165) is 24.5 Å². The van der Waals surface area contributed by atoms with Gasteiger partial charge in [0.15, 0.2) is 0 Å². The highest BCUT2D eigenvalue weighted by atomic mass is 35.5. The minimum Gasteiger partial charge on any atom is -0.357 e. The summed E-state index contributed by atoms with van der Waals surface area (Å²) in [5, 5.41) is 7.65. The van der Waals surface area contributed by atoms with Gasteiger partial charge in [-0.3, -0.25) is 4.79 Å². The average molecular weight is 412 g/mol. The highest BCUT2D eigenvalue weighted by molar-refractivity contribution is 6.33. The first-order chi connectivity index (χ1) is 13.9. The maximum absolute atomic E-state index is 12.8. The minimum absolute atomic E-state index is 0.292. The second kappa shape index (κ2) is 9.09. The van der Waals surface area contributed by atoms with Crippen molar-refractivity contribution in [3.8, 4) is 0 Å². The van der Waals surface area contributed by atoms with Crippen LogP contribution in [0, 0.1) is 13.8 Å². The van der Waals surface area contributed by atoms with Gasteiger partial charge in [0, 0.05) is 13.1 Å². The van der Waals surface area contributed by atoms with Crippen molar-refractivity contribution in [2.75, 3.05) is 23.3 Å². The molecule has 3 rings (SSSR count). The summed E-state index contributed by atoms with van der Waals surface area (Å²) in [5.74, 6) is 0.591. The lowest BCUT2D eigenvalue weighted by Gasteiger charge is -2.19. The van der Waals surface area contributed by atoms with Crippen LogP contribution in [0.3, 0.4) is 0 Å². The van der Waals surface area contributed by atoms with Crippen molar-refractivity contribution in [1.82, 2.24) is 14.8 Å². The number of nitrogens with one attached hydrogen (secondary N) is 1. The minimum atomic E-state index is -0.292. The molecule has 6 nitrogen and oxygen atoms in total. The number of anilines is 2. The third kappa shape index (κ3) is 4.77. The number of halogens is 1. The zero-order chi connectivity index (χ0) is 21.0. The highest BCUT2D eigenvalue weighted by Crippen LogP contribution is 2.23. The Morgan fingerprint density at radius 2 is 1.79 bits per heavy atom. The van der Waals surface area contributed by atoms with Gasteiger partial charge in [-0.2, -0.15) is 5.10 Å². The Balaban J connectivity index is 1.75. The highest BCUT2D eigenvalue weighted by Gasteiger charge is 2.21. The van der Waals surface area contributed by atoms with Crippen LogP contribution in [0.2, 0.25) is 5.15 Å². The van der Waals surface area contributed by atoms with Crippen LogP contribution >= 0.6 is 11.6 Å². The maximum atomic E-state index is 12.8. The molecule has 0 aliphatic rings. The topological polar surface area (TPSA) is 63.1 Å². The van der Waals surface area contributed by atoms with Gasteiger partial charge in [0.2, 0.25) is 0 Å². The van der Waals surface area contributed by atoms with E-state index in [1.165, 1.54) is 5.56 Å². The lowest BCUT2D eigenvalue weighted by molar-refractivity contribution is 0.102. The van der Waals surface area contributed by atoms with E-state index in [0.29, 0.717) is 28.6 Å². The molecule has 0 fully saturated rings. The van der Waals surface area contributed by atoms with E-state index in [2.05, 4.69) is 34.1 Å². The van der Waals surface area contributed by atoms with Crippen LogP contribution in [0.15, 0.2) is 42.6 Å². The first-order valence-electron chi connectivity index (χ1n) is 9.73.